The monoisotopic (exact) mass is 297 g/mol. The van der Waals surface area contributed by atoms with Gasteiger partial charge in [0.15, 0.2) is 0 Å². The molecule has 5 heteroatoms. The van der Waals surface area contributed by atoms with Gasteiger partial charge >= 0.3 is 0 Å². The first-order valence-corrected chi connectivity index (χ1v) is 8.70. The van der Waals surface area contributed by atoms with Crippen molar-refractivity contribution in [3.05, 3.63) is 35.4 Å². The zero-order chi connectivity index (χ0) is 14.8. The van der Waals surface area contributed by atoms with E-state index >= 15 is 0 Å². The number of benzene rings is 1. The maximum Gasteiger partial charge on any atom is 0.218 e. The third kappa shape index (κ3) is 3.59. The van der Waals surface area contributed by atoms with Gasteiger partial charge in [0.25, 0.3) is 0 Å². The Labute approximate surface area is 121 Å². The van der Waals surface area contributed by atoms with Crippen LogP contribution < -0.4 is 0 Å². The maximum absolute atomic E-state index is 12.5. The van der Waals surface area contributed by atoms with Crippen molar-refractivity contribution in [1.82, 2.24) is 4.31 Å². The molecule has 112 valence electrons. The summed E-state index contributed by atoms with van der Waals surface area (Å²) in [5.74, 6) is 1.00. The Hall–Kier alpha value is -0.910. The predicted octanol–water partition coefficient (Wildman–Crippen LogP) is 1.99. The maximum atomic E-state index is 12.5. The lowest BCUT2D eigenvalue weighted by Gasteiger charge is -2.34. The van der Waals surface area contributed by atoms with Gasteiger partial charge in [0.2, 0.25) is 10.0 Å². The van der Waals surface area contributed by atoms with Crippen LogP contribution in [0.5, 0.6) is 0 Å². The average Bonchev–Trinajstić information content (AvgIpc) is 2.41. The molecule has 0 spiro atoms. The zero-order valence-corrected chi connectivity index (χ0v) is 12.9. The van der Waals surface area contributed by atoms with Crippen LogP contribution in [-0.4, -0.2) is 30.9 Å². The molecule has 1 heterocycles. The van der Waals surface area contributed by atoms with Gasteiger partial charge in [0.05, 0.1) is 12.4 Å². The minimum Gasteiger partial charge on any atom is -0.392 e. The van der Waals surface area contributed by atoms with Crippen LogP contribution in [0.4, 0.5) is 0 Å². The summed E-state index contributed by atoms with van der Waals surface area (Å²) in [5.41, 5.74) is 1.49. The molecule has 1 aromatic carbocycles. The Balaban J connectivity index is 2.10. The van der Waals surface area contributed by atoms with Gasteiger partial charge in [-0.3, -0.25) is 0 Å². The normalized spacial score (nSPS) is 24.8. The lowest BCUT2D eigenvalue weighted by Crippen LogP contribution is -2.42. The van der Waals surface area contributed by atoms with Crippen molar-refractivity contribution in [3.63, 3.8) is 0 Å². The van der Waals surface area contributed by atoms with Crippen LogP contribution >= 0.6 is 0 Å². The van der Waals surface area contributed by atoms with E-state index in [1.54, 1.807) is 28.6 Å². The Morgan fingerprint density at radius 3 is 2.60 bits per heavy atom. The van der Waals surface area contributed by atoms with Gasteiger partial charge in [-0.15, -0.1) is 0 Å². The Bertz CT molecular complexity index is 556. The van der Waals surface area contributed by atoms with Gasteiger partial charge in [-0.05, 0) is 29.4 Å². The first kappa shape index (κ1) is 15.5. The molecule has 1 fully saturated rings. The topological polar surface area (TPSA) is 57.6 Å². The minimum absolute atomic E-state index is 0.0158. The van der Waals surface area contributed by atoms with Gasteiger partial charge < -0.3 is 5.11 Å². The molecule has 2 atom stereocenters. The highest BCUT2D eigenvalue weighted by Crippen LogP contribution is 2.25. The summed E-state index contributed by atoms with van der Waals surface area (Å²) in [5, 5.41) is 9.11. The lowest BCUT2D eigenvalue weighted by molar-refractivity contribution is 0.212. The Morgan fingerprint density at radius 1 is 1.25 bits per heavy atom. The zero-order valence-electron chi connectivity index (χ0n) is 12.1. The van der Waals surface area contributed by atoms with E-state index < -0.39 is 10.0 Å². The molecule has 0 radical (unpaired) electrons. The van der Waals surface area contributed by atoms with Crippen molar-refractivity contribution in [2.24, 2.45) is 11.8 Å². The van der Waals surface area contributed by atoms with Crippen LogP contribution in [0.2, 0.25) is 0 Å². The Morgan fingerprint density at radius 2 is 1.95 bits per heavy atom. The molecule has 0 aromatic heterocycles. The van der Waals surface area contributed by atoms with Crippen molar-refractivity contribution in [1.29, 1.82) is 0 Å². The van der Waals surface area contributed by atoms with E-state index in [1.807, 2.05) is 0 Å². The summed E-state index contributed by atoms with van der Waals surface area (Å²) in [6.45, 7) is 5.46. The van der Waals surface area contributed by atoms with E-state index in [1.165, 1.54) is 0 Å². The number of aliphatic hydroxyl groups is 1. The van der Waals surface area contributed by atoms with Crippen molar-refractivity contribution < 1.29 is 13.5 Å². The molecule has 4 nitrogen and oxygen atoms in total. The SMILES string of the molecule is CC1CCN(S(=O)(=O)Cc2cccc(CO)c2)CC1C. The van der Waals surface area contributed by atoms with E-state index in [9.17, 15) is 8.42 Å². The second-order valence-electron chi connectivity index (χ2n) is 5.84. The summed E-state index contributed by atoms with van der Waals surface area (Å²) in [7, 11) is -3.27. The molecule has 2 unspecified atom stereocenters. The minimum atomic E-state index is -3.27. The lowest BCUT2D eigenvalue weighted by atomic mass is 9.90. The summed E-state index contributed by atoms with van der Waals surface area (Å²) < 4.78 is 26.6. The number of piperidine rings is 1. The van der Waals surface area contributed by atoms with Crippen LogP contribution in [0, 0.1) is 11.8 Å². The van der Waals surface area contributed by atoms with Gasteiger partial charge in [0.1, 0.15) is 0 Å². The van der Waals surface area contributed by atoms with Crippen LogP contribution in [0.1, 0.15) is 31.4 Å². The molecule has 2 rings (SSSR count). The van der Waals surface area contributed by atoms with E-state index in [0.717, 1.165) is 17.5 Å². The number of hydrogen-bond acceptors (Lipinski definition) is 3. The fourth-order valence-corrected chi connectivity index (χ4v) is 4.23. The largest absolute Gasteiger partial charge is 0.392 e. The Kier molecular flexibility index (Phi) is 4.83. The average molecular weight is 297 g/mol. The van der Waals surface area contributed by atoms with Crippen LogP contribution in [0.25, 0.3) is 0 Å². The summed E-state index contributed by atoms with van der Waals surface area (Å²) in [6.07, 6.45) is 0.928. The molecule has 1 aliphatic heterocycles. The third-order valence-electron chi connectivity index (χ3n) is 4.21. The molecule has 1 aliphatic rings. The molecular formula is C15H23NO3S. The van der Waals surface area contributed by atoms with Crippen molar-refractivity contribution in [3.8, 4) is 0 Å². The second kappa shape index (κ2) is 6.24. The number of rotatable bonds is 4. The van der Waals surface area contributed by atoms with Crippen LogP contribution in [0.3, 0.4) is 0 Å². The van der Waals surface area contributed by atoms with Crippen LogP contribution in [-0.2, 0) is 22.4 Å². The third-order valence-corrected chi connectivity index (χ3v) is 6.03. The van der Waals surface area contributed by atoms with Crippen LogP contribution in [0.15, 0.2) is 24.3 Å². The predicted molar refractivity (Wildman–Crippen MR) is 79.5 cm³/mol. The van der Waals surface area contributed by atoms with E-state index in [-0.39, 0.29) is 12.4 Å². The van der Waals surface area contributed by atoms with Crippen molar-refractivity contribution in [2.75, 3.05) is 13.1 Å². The fourth-order valence-electron chi connectivity index (χ4n) is 2.60. The highest BCUT2D eigenvalue weighted by atomic mass is 32.2. The first-order valence-electron chi connectivity index (χ1n) is 7.09. The summed E-state index contributed by atoms with van der Waals surface area (Å²) >= 11 is 0. The van der Waals surface area contributed by atoms with Gasteiger partial charge in [-0.2, -0.15) is 0 Å². The number of hydrogen-bond donors (Lipinski definition) is 1. The molecule has 1 aromatic rings. The standard InChI is InChI=1S/C15H23NO3S/c1-12-6-7-16(9-13(12)2)20(18,19)11-15-5-3-4-14(8-15)10-17/h3-5,8,12-13,17H,6-7,9-11H2,1-2H3. The first-order chi connectivity index (χ1) is 9.42. The molecule has 0 amide bonds. The highest BCUT2D eigenvalue weighted by Gasteiger charge is 2.30. The fraction of sp³-hybridized carbons (Fsp3) is 0.600. The molecule has 1 N–H and O–H groups in total. The van der Waals surface area contributed by atoms with Gasteiger partial charge in [-0.25, -0.2) is 12.7 Å². The van der Waals surface area contributed by atoms with Crippen molar-refractivity contribution >= 4 is 10.0 Å². The number of nitrogens with zero attached hydrogens (tertiary/aromatic N) is 1. The molecule has 1 saturated heterocycles. The summed E-state index contributed by atoms with van der Waals surface area (Å²) in [6, 6.07) is 7.14. The quantitative estimate of drug-likeness (QED) is 0.924. The van der Waals surface area contributed by atoms with E-state index in [0.29, 0.717) is 24.9 Å². The van der Waals surface area contributed by atoms with Gasteiger partial charge in [-0.1, -0.05) is 38.1 Å². The molecule has 0 aliphatic carbocycles. The second-order valence-corrected chi connectivity index (χ2v) is 7.80. The number of aliphatic hydroxyl groups excluding tert-OH is 1. The molecule has 0 bridgehead atoms. The number of sulfonamides is 1. The highest BCUT2D eigenvalue weighted by molar-refractivity contribution is 7.88. The molecular weight excluding hydrogens is 274 g/mol. The molecule has 0 saturated carbocycles. The smallest absolute Gasteiger partial charge is 0.218 e. The van der Waals surface area contributed by atoms with Gasteiger partial charge in [0, 0.05) is 13.1 Å². The van der Waals surface area contributed by atoms with E-state index in [4.69, 9.17) is 5.11 Å². The van der Waals surface area contributed by atoms with E-state index in [2.05, 4.69) is 13.8 Å². The molecule has 20 heavy (non-hydrogen) atoms. The van der Waals surface area contributed by atoms with Crippen molar-refractivity contribution in [2.45, 2.75) is 32.6 Å². The summed E-state index contributed by atoms with van der Waals surface area (Å²) in [4.78, 5) is 0.